The average Bonchev–Trinajstić information content (AvgIpc) is 2.68. The highest BCUT2D eigenvalue weighted by molar-refractivity contribution is 8.01. The van der Waals surface area contributed by atoms with E-state index < -0.39 is 9.84 Å². The van der Waals surface area contributed by atoms with Gasteiger partial charge in [-0.2, -0.15) is 5.21 Å². The van der Waals surface area contributed by atoms with Crippen molar-refractivity contribution in [3.63, 3.8) is 0 Å². The Kier molecular flexibility index (Phi) is 4.32. The van der Waals surface area contributed by atoms with Crippen LogP contribution in [0.3, 0.4) is 0 Å². The van der Waals surface area contributed by atoms with Gasteiger partial charge in [-0.3, -0.25) is 0 Å². The summed E-state index contributed by atoms with van der Waals surface area (Å²) in [6.07, 6.45) is 9.47. The number of rotatable bonds is 5. The van der Waals surface area contributed by atoms with Crippen LogP contribution in [0.15, 0.2) is 40.4 Å². The molecule has 0 amide bonds. The molecule has 0 spiro atoms. The second kappa shape index (κ2) is 5.96. The van der Waals surface area contributed by atoms with Crippen molar-refractivity contribution >= 4 is 21.6 Å². The highest BCUT2D eigenvalue weighted by Gasteiger charge is 2.16. The van der Waals surface area contributed by atoms with Gasteiger partial charge < -0.3 is 0 Å². The molecule has 0 saturated heterocycles. The Labute approximate surface area is 109 Å². The van der Waals surface area contributed by atoms with Crippen LogP contribution in [0, 0.1) is 0 Å². The molecule has 96 valence electrons. The molecule has 1 aromatic heterocycles. The van der Waals surface area contributed by atoms with E-state index in [9.17, 15) is 8.42 Å². The zero-order chi connectivity index (χ0) is 12.8. The monoisotopic (exact) mass is 284 g/mol. The van der Waals surface area contributed by atoms with Crippen molar-refractivity contribution in [2.75, 3.05) is 11.5 Å². The topological polar surface area (TPSA) is 88.6 Å². The number of H-pyrrole nitrogens is 1. The van der Waals surface area contributed by atoms with Crippen LogP contribution in [0.1, 0.15) is 6.42 Å². The smallest absolute Gasteiger partial charge is 0.224 e. The quantitative estimate of drug-likeness (QED) is 0.815. The number of hydrogen-bond donors (Lipinski definition) is 1. The van der Waals surface area contributed by atoms with Gasteiger partial charge in [0.05, 0.1) is 10.7 Å². The average molecular weight is 284 g/mol. The summed E-state index contributed by atoms with van der Waals surface area (Å²) in [5.74, 6) is 0.461. The van der Waals surface area contributed by atoms with E-state index >= 15 is 0 Å². The predicted octanol–water partition coefficient (Wildman–Crippen LogP) is 1.11. The minimum atomic E-state index is -3.23. The maximum Gasteiger partial charge on any atom is 0.230 e. The molecule has 1 aliphatic carbocycles. The summed E-state index contributed by atoms with van der Waals surface area (Å²) in [5.41, 5.74) is 0. The summed E-state index contributed by atoms with van der Waals surface area (Å²) < 4.78 is 24.1. The summed E-state index contributed by atoms with van der Waals surface area (Å²) in [7, 11) is -3.23. The molecule has 0 radical (unpaired) electrons. The van der Waals surface area contributed by atoms with E-state index in [1.807, 2.05) is 12.2 Å². The number of thioether (sulfide) groups is 1. The summed E-state index contributed by atoms with van der Waals surface area (Å²) >= 11 is 1.26. The van der Waals surface area contributed by atoms with E-state index in [-0.39, 0.29) is 5.75 Å². The zero-order valence-corrected chi connectivity index (χ0v) is 11.1. The molecule has 1 aromatic rings. The highest BCUT2D eigenvalue weighted by Crippen LogP contribution is 2.17. The lowest BCUT2D eigenvalue weighted by molar-refractivity contribution is 0.604. The Hall–Kier alpha value is -1.41. The molecule has 0 unspecified atom stereocenters. The Morgan fingerprint density at radius 2 is 2.28 bits per heavy atom. The van der Waals surface area contributed by atoms with Crippen LogP contribution in [-0.4, -0.2) is 40.5 Å². The first-order chi connectivity index (χ1) is 8.68. The molecular weight excluding hydrogens is 272 g/mol. The number of aromatic amines is 1. The van der Waals surface area contributed by atoms with Crippen LogP contribution in [0.2, 0.25) is 0 Å². The number of sulfone groups is 1. The van der Waals surface area contributed by atoms with Gasteiger partial charge in [0.2, 0.25) is 5.16 Å². The Bertz CT molecular complexity index is 573. The lowest BCUT2D eigenvalue weighted by Crippen LogP contribution is -2.10. The van der Waals surface area contributed by atoms with Crippen molar-refractivity contribution < 1.29 is 8.42 Å². The van der Waals surface area contributed by atoms with Crippen LogP contribution in [0.25, 0.3) is 0 Å². The van der Waals surface area contributed by atoms with Crippen molar-refractivity contribution in [3.8, 4) is 0 Å². The first-order valence-electron chi connectivity index (χ1n) is 5.31. The van der Waals surface area contributed by atoms with Gasteiger partial charge in [-0.05, 0) is 17.7 Å². The number of nitrogens with zero attached hydrogens (tertiary/aromatic N) is 3. The molecule has 2 rings (SSSR count). The third kappa shape index (κ3) is 3.54. The summed E-state index contributed by atoms with van der Waals surface area (Å²) in [6.45, 7) is 0. The maximum absolute atomic E-state index is 12.0. The number of aromatic nitrogens is 4. The van der Waals surface area contributed by atoms with Gasteiger partial charge in [-0.25, -0.2) is 8.42 Å². The van der Waals surface area contributed by atoms with Gasteiger partial charge in [0.1, 0.15) is 0 Å². The first kappa shape index (κ1) is 13.0. The molecule has 8 heteroatoms. The minimum absolute atomic E-state index is 0.0579. The fourth-order valence-corrected chi connectivity index (χ4v) is 3.83. The maximum atomic E-state index is 12.0. The Morgan fingerprint density at radius 3 is 3.06 bits per heavy atom. The normalized spacial score (nSPS) is 15.4. The lowest BCUT2D eigenvalue weighted by Gasteiger charge is -2.03. The predicted molar refractivity (Wildman–Crippen MR) is 69.7 cm³/mol. The molecule has 18 heavy (non-hydrogen) atoms. The molecule has 0 aliphatic heterocycles. The van der Waals surface area contributed by atoms with E-state index in [0.29, 0.717) is 22.2 Å². The van der Waals surface area contributed by atoms with E-state index in [1.165, 1.54) is 11.8 Å². The van der Waals surface area contributed by atoms with Crippen molar-refractivity contribution in [1.82, 2.24) is 20.6 Å². The molecule has 0 atom stereocenters. The number of tetrazole rings is 1. The second-order valence-electron chi connectivity index (χ2n) is 3.49. The summed E-state index contributed by atoms with van der Waals surface area (Å²) in [4.78, 5) is 0.376. The minimum Gasteiger partial charge on any atom is -0.224 e. The zero-order valence-electron chi connectivity index (χ0n) is 9.48. The van der Waals surface area contributed by atoms with E-state index in [4.69, 9.17) is 0 Å². The van der Waals surface area contributed by atoms with E-state index in [2.05, 4.69) is 20.6 Å². The van der Waals surface area contributed by atoms with Gasteiger partial charge in [-0.1, -0.05) is 36.1 Å². The fourth-order valence-electron chi connectivity index (χ4n) is 1.36. The summed E-state index contributed by atoms with van der Waals surface area (Å²) in [6, 6.07) is 0. The van der Waals surface area contributed by atoms with Crippen LogP contribution >= 0.6 is 11.8 Å². The van der Waals surface area contributed by atoms with E-state index in [1.54, 1.807) is 18.2 Å². The molecule has 0 aromatic carbocycles. The van der Waals surface area contributed by atoms with Crippen molar-refractivity contribution in [2.45, 2.75) is 11.6 Å². The van der Waals surface area contributed by atoms with Gasteiger partial charge in [0, 0.05) is 5.75 Å². The van der Waals surface area contributed by atoms with Crippen molar-refractivity contribution in [2.24, 2.45) is 0 Å². The molecular formula is C10H12N4O2S2. The molecule has 0 saturated carbocycles. The third-order valence-corrected chi connectivity index (χ3v) is 5.09. The van der Waals surface area contributed by atoms with E-state index in [0.717, 1.165) is 0 Å². The van der Waals surface area contributed by atoms with Crippen LogP contribution < -0.4 is 0 Å². The molecule has 1 N–H and O–H groups in total. The third-order valence-electron chi connectivity index (χ3n) is 2.23. The van der Waals surface area contributed by atoms with Gasteiger partial charge in [0.25, 0.3) is 0 Å². The van der Waals surface area contributed by atoms with Gasteiger partial charge in [0.15, 0.2) is 9.84 Å². The number of hydrogen-bond acceptors (Lipinski definition) is 6. The fraction of sp³-hybridized carbons (Fsp3) is 0.300. The molecule has 1 aliphatic rings. The molecule has 0 bridgehead atoms. The largest absolute Gasteiger partial charge is 0.230 e. The standard InChI is InChI=1S/C10H12N4O2S2/c15-18(16,9-5-3-1-2-4-6-9)8-7-17-10-11-13-14-12-10/h1-3,5-6H,4,7-8H2,(H,11,12,13,14). The SMILES string of the molecule is O=S(=O)(CCSc1nn[nH]n1)C1=CCC=CC=C1. The Morgan fingerprint density at radius 1 is 1.39 bits per heavy atom. The van der Waals surface area contributed by atoms with Crippen molar-refractivity contribution in [1.29, 1.82) is 0 Å². The molecule has 6 nitrogen and oxygen atoms in total. The van der Waals surface area contributed by atoms with Crippen molar-refractivity contribution in [3.05, 3.63) is 35.3 Å². The number of nitrogens with one attached hydrogen (secondary N) is 1. The van der Waals surface area contributed by atoms with Crippen LogP contribution in [0.4, 0.5) is 0 Å². The Balaban J connectivity index is 1.93. The first-order valence-corrected chi connectivity index (χ1v) is 7.95. The van der Waals surface area contributed by atoms with Crippen LogP contribution in [0.5, 0.6) is 0 Å². The van der Waals surface area contributed by atoms with Gasteiger partial charge >= 0.3 is 0 Å². The number of allylic oxidation sites excluding steroid dienone is 5. The summed E-state index contributed by atoms with van der Waals surface area (Å²) in [5, 5.41) is 13.7. The second-order valence-corrected chi connectivity index (χ2v) is 6.66. The molecule has 1 heterocycles. The molecule has 0 fully saturated rings. The van der Waals surface area contributed by atoms with Gasteiger partial charge in [-0.15, -0.1) is 10.2 Å². The highest BCUT2D eigenvalue weighted by atomic mass is 32.2. The lowest BCUT2D eigenvalue weighted by atomic mass is 10.4. The van der Waals surface area contributed by atoms with Crippen LogP contribution in [-0.2, 0) is 9.84 Å².